The molecule has 0 aliphatic carbocycles. The Kier molecular flexibility index (Phi) is 4.14. The minimum absolute atomic E-state index is 0.106. The monoisotopic (exact) mass is 345 g/mol. The highest BCUT2D eigenvalue weighted by Gasteiger charge is 2.39. The molecule has 2 unspecified atom stereocenters. The maximum Gasteiger partial charge on any atom is 0.289 e. The number of nitrogens with zero attached hydrogens (tertiary/aromatic N) is 4. The molecule has 0 radical (unpaired) electrons. The Morgan fingerprint density at radius 2 is 2.17 bits per heavy atom. The van der Waals surface area contributed by atoms with Crippen molar-refractivity contribution in [2.24, 2.45) is 11.8 Å². The Hall–Kier alpha value is -1.73. The van der Waals surface area contributed by atoms with Crippen LogP contribution in [0.3, 0.4) is 0 Å². The summed E-state index contributed by atoms with van der Waals surface area (Å²) in [4.78, 5) is 14.8. The van der Waals surface area contributed by atoms with Crippen LogP contribution in [-0.2, 0) is 19.5 Å². The molecular formula is C17H23N5OS. The number of nitrogens with one attached hydrogen (secondary N) is 1. The Morgan fingerprint density at radius 1 is 1.33 bits per heavy atom. The Balaban J connectivity index is 1.46. The van der Waals surface area contributed by atoms with Gasteiger partial charge in [-0.15, -0.1) is 10.2 Å². The first-order chi connectivity index (χ1) is 11.6. The summed E-state index contributed by atoms with van der Waals surface area (Å²) in [5.41, 5.74) is 1.40. The van der Waals surface area contributed by atoms with E-state index in [1.54, 1.807) is 11.3 Å². The largest absolute Gasteiger partial charge is 0.347 e. The molecule has 0 spiro atoms. The summed E-state index contributed by atoms with van der Waals surface area (Å²) in [5.74, 6) is 2.52. The molecule has 24 heavy (non-hydrogen) atoms. The van der Waals surface area contributed by atoms with E-state index in [1.165, 1.54) is 5.56 Å². The van der Waals surface area contributed by atoms with Crippen LogP contribution in [0.15, 0.2) is 16.8 Å². The van der Waals surface area contributed by atoms with Gasteiger partial charge in [0, 0.05) is 38.6 Å². The smallest absolute Gasteiger partial charge is 0.289 e. The standard InChI is InChI=1S/C17H23N5OS/c1-11(2)18-17(23)16-20-19-15-5-13-7-21(6-12-3-4-24-10-12)8-14(13)9-22(15)16/h3-4,10-11,13-14H,5-9H2,1-2H3,(H,18,23). The molecule has 2 aromatic rings. The minimum Gasteiger partial charge on any atom is -0.347 e. The third kappa shape index (κ3) is 2.98. The molecule has 4 rings (SSSR count). The van der Waals surface area contributed by atoms with E-state index < -0.39 is 0 Å². The van der Waals surface area contributed by atoms with E-state index in [9.17, 15) is 4.79 Å². The first kappa shape index (κ1) is 15.8. The van der Waals surface area contributed by atoms with Gasteiger partial charge in [0.1, 0.15) is 5.82 Å². The van der Waals surface area contributed by atoms with Crippen molar-refractivity contribution in [1.82, 2.24) is 25.0 Å². The molecule has 2 aliphatic rings. The highest BCUT2D eigenvalue weighted by atomic mass is 32.1. The predicted molar refractivity (Wildman–Crippen MR) is 92.9 cm³/mol. The average molecular weight is 345 g/mol. The molecule has 2 aliphatic heterocycles. The molecule has 0 bridgehead atoms. The van der Waals surface area contributed by atoms with Gasteiger partial charge in [0.25, 0.3) is 5.91 Å². The number of carbonyl (C=O) groups is 1. The number of hydrogen-bond acceptors (Lipinski definition) is 5. The van der Waals surface area contributed by atoms with Gasteiger partial charge in [0.15, 0.2) is 0 Å². The lowest BCUT2D eigenvalue weighted by atomic mass is 9.89. The van der Waals surface area contributed by atoms with Crippen molar-refractivity contribution < 1.29 is 4.79 Å². The van der Waals surface area contributed by atoms with E-state index >= 15 is 0 Å². The van der Waals surface area contributed by atoms with E-state index in [2.05, 4.69) is 37.2 Å². The van der Waals surface area contributed by atoms with E-state index in [0.29, 0.717) is 17.7 Å². The van der Waals surface area contributed by atoms with Crippen LogP contribution < -0.4 is 5.32 Å². The maximum absolute atomic E-state index is 12.3. The lowest BCUT2D eigenvalue weighted by Gasteiger charge is -2.25. The van der Waals surface area contributed by atoms with Gasteiger partial charge in [0.2, 0.25) is 5.82 Å². The number of rotatable bonds is 4. The normalized spacial score (nSPS) is 23.3. The second-order valence-corrected chi connectivity index (χ2v) is 8.01. The number of thiophene rings is 1. The van der Waals surface area contributed by atoms with Gasteiger partial charge in [-0.1, -0.05) is 0 Å². The summed E-state index contributed by atoms with van der Waals surface area (Å²) >= 11 is 1.76. The van der Waals surface area contributed by atoms with Crippen molar-refractivity contribution in [1.29, 1.82) is 0 Å². The molecule has 2 aromatic heterocycles. The van der Waals surface area contributed by atoms with Gasteiger partial charge < -0.3 is 9.88 Å². The number of hydrogen-bond donors (Lipinski definition) is 1. The van der Waals surface area contributed by atoms with Crippen molar-refractivity contribution >= 4 is 17.2 Å². The first-order valence-corrected chi connectivity index (χ1v) is 9.51. The quantitative estimate of drug-likeness (QED) is 0.917. The second-order valence-electron chi connectivity index (χ2n) is 7.23. The minimum atomic E-state index is -0.115. The summed E-state index contributed by atoms with van der Waals surface area (Å²) in [7, 11) is 0. The number of aromatic nitrogens is 3. The molecule has 1 N–H and O–H groups in total. The first-order valence-electron chi connectivity index (χ1n) is 8.56. The Morgan fingerprint density at radius 3 is 2.92 bits per heavy atom. The maximum atomic E-state index is 12.3. The number of fused-ring (bicyclic) bond motifs is 2. The summed E-state index contributed by atoms with van der Waals surface area (Å²) in [6.07, 6.45) is 0.923. The molecule has 128 valence electrons. The van der Waals surface area contributed by atoms with Gasteiger partial charge in [0.05, 0.1) is 0 Å². The van der Waals surface area contributed by atoms with Crippen LogP contribution >= 0.6 is 11.3 Å². The SMILES string of the molecule is CC(C)NC(=O)c1nnc2n1CC1CN(Cc3ccsc3)CC1C2. The molecule has 7 heteroatoms. The third-order valence-corrected chi connectivity index (χ3v) is 5.68. The zero-order chi connectivity index (χ0) is 16.7. The van der Waals surface area contributed by atoms with Crippen LogP contribution in [0, 0.1) is 11.8 Å². The molecule has 6 nitrogen and oxygen atoms in total. The average Bonchev–Trinajstić information content (AvgIpc) is 3.22. The number of carbonyl (C=O) groups excluding carboxylic acids is 1. The molecule has 1 amide bonds. The van der Waals surface area contributed by atoms with Crippen molar-refractivity contribution in [2.75, 3.05) is 13.1 Å². The van der Waals surface area contributed by atoms with Crippen molar-refractivity contribution in [3.63, 3.8) is 0 Å². The van der Waals surface area contributed by atoms with Crippen molar-refractivity contribution in [3.8, 4) is 0 Å². The molecular weight excluding hydrogens is 322 g/mol. The molecule has 2 atom stereocenters. The van der Waals surface area contributed by atoms with Crippen LogP contribution in [0.5, 0.6) is 0 Å². The summed E-state index contributed by atoms with van der Waals surface area (Å²) < 4.78 is 2.03. The highest BCUT2D eigenvalue weighted by Crippen LogP contribution is 2.33. The van der Waals surface area contributed by atoms with E-state index in [4.69, 9.17) is 0 Å². The fourth-order valence-corrected chi connectivity index (χ4v) is 4.55. The highest BCUT2D eigenvalue weighted by molar-refractivity contribution is 7.07. The Labute approximate surface area is 145 Å². The zero-order valence-corrected chi connectivity index (χ0v) is 14.9. The van der Waals surface area contributed by atoms with Crippen molar-refractivity contribution in [2.45, 2.75) is 39.4 Å². The molecule has 1 fully saturated rings. The molecule has 0 aromatic carbocycles. The van der Waals surface area contributed by atoms with Crippen LogP contribution in [0.1, 0.15) is 35.9 Å². The molecule has 0 saturated carbocycles. The summed E-state index contributed by atoms with van der Waals surface area (Å²) in [6, 6.07) is 2.31. The van der Waals surface area contributed by atoms with Crippen LogP contribution in [-0.4, -0.2) is 44.7 Å². The van der Waals surface area contributed by atoms with Crippen LogP contribution in [0.4, 0.5) is 0 Å². The lowest BCUT2D eigenvalue weighted by molar-refractivity contribution is 0.0924. The van der Waals surface area contributed by atoms with Gasteiger partial charge in [-0.05, 0) is 48.1 Å². The second kappa shape index (κ2) is 6.29. The van der Waals surface area contributed by atoms with Gasteiger partial charge in [-0.2, -0.15) is 11.3 Å². The third-order valence-electron chi connectivity index (χ3n) is 4.95. The lowest BCUT2D eigenvalue weighted by Crippen LogP contribution is -2.35. The predicted octanol–water partition coefficient (Wildman–Crippen LogP) is 1.78. The van der Waals surface area contributed by atoms with Gasteiger partial charge >= 0.3 is 0 Å². The number of amides is 1. The van der Waals surface area contributed by atoms with Gasteiger partial charge in [-0.25, -0.2) is 0 Å². The van der Waals surface area contributed by atoms with Crippen LogP contribution in [0.25, 0.3) is 0 Å². The molecule has 1 saturated heterocycles. The topological polar surface area (TPSA) is 63.1 Å². The number of likely N-dealkylation sites (tertiary alicyclic amines) is 1. The van der Waals surface area contributed by atoms with E-state index in [-0.39, 0.29) is 11.9 Å². The summed E-state index contributed by atoms with van der Waals surface area (Å²) in [6.45, 7) is 8.00. The van der Waals surface area contributed by atoms with Crippen molar-refractivity contribution in [3.05, 3.63) is 34.0 Å². The molecule has 4 heterocycles. The summed E-state index contributed by atoms with van der Waals surface area (Å²) in [5, 5.41) is 15.7. The van der Waals surface area contributed by atoms with Gasteiger partial charge in [-0.3, -0.25) is 9.69 Å². The van der Waals surface area contributed by atoms with Crippen LogP contribution in [0.2, 0.25) is 0 Å². The fourth-order valence-electron chi connectivity index (χ4n) is 3.89. The van der Waals surface area contributed by atoms with E-state index in [1.807, 2.05) is 18.4 Å². The van der Waals surface area contributed by atoms with E-state index in [0.717, 1.165) is 38.4 Å². The zero-order valence-electron chi connectivity index (χ0n) is 14.1. The fraction of sp³-hybridized carbons (Fsp3) is 0.588. The Bertz CT molecular complexity index is 723.